The van der Waals surface area contributed by atoms with Gasteiger partial charge in [0.15, 0.2) is 0 Å². The molecule has 1 aromatic carbocycles. The molecule has 84 valence electrons. The van der Waals surface area contributed by atoms with E-state index >= 15 is 0 Å². The molecule has 0 radical (unpaired) electrons. The fourth-order valence-corrected chi connectivity index (χ4v) is 1.79. The van der Waals surface area contributed by atoms with Crippen LogP contribution in [0.5, 0.6) is 0 Å². The van der Waals surface area contributed by atoms with E-state index in [-0.39, 0.29) is 0 Å². The molecular weight excluding hydrogens is 184 g/mol. The van der Waals surface area contributed by atoms with Crippen LogP contribution in [0.1, 0.15) is 22.3 Å². The molecule has 0 spiro atoms. The van der Waals surface area contributed by atoms with Crippen LogP contribution in [0.2, 0.25) is 0 Å². The first kappa shape index (κ1) is 12.1. The first-order valence-corrected chi connectivity index (χ1v) is 5.53. The van der Waals surface area contributed by atoms with Crippen molar-refractivity contribution in [2.24, 2.45) is 0 Å². The molecule has 1 aromatic rings. The van der Waals surface area contributed by atoms with Crippen LogP contribution >= 0.6 is 0 Å². The third kappa shape index (κ3) is 2.72. The summed E-state index contributed by atoms with van der Waals surface area (Å²) < 4.78 is 0. The van der Waals surface area contributed by atoms with Crippen molar-refractivity contribution in [2.45, 2.75) is 27.7 Å². The van der Waals surface area contributed by atoms with Crippen LogP contribution in [0, 0.1) is 27.7 Å². The molecule has 0 saturated carbocycles. The van der Waals surface area contributed by atoms with E-state index in [0.29, 0.717) is 0 Å². The van der Waals surface area contributed by atoms with Crippen molar-refractivity contribution in [2.75, 3.05) is 25.5 Å². The van der Waals surface area contributed by atoms with Gasteiger partial charge in [-0.15, -0.1) is 0 Å². The highest BCUT2D eigenvalue weighted by Gasteiger charge is 2.06. The van der Waals surface area contributed by atoms with E-state index in [2.05, 4.69) is 44.4 Å². The summed E-state index contributed by atoms with van der Waals surface area (Å²) in [7, 11) is 1.98. The Morgan fingerprint density at radius 3 is 1.93 bits per heavy atom. The maximum Gasteiger partial charge on any atom is 0.0405 e. The number of aryl methyl sites for hydroxylation is 2. The summed E-state index contributed by atoms with van der Waals surface area (Å²) >= 11 is 0. The molecule has 1 rings (SSSR count). The number of anilines is 1. The summed E-state index contributed by atoms with van der Waals surface area (Å²) in [5.41, 5.74) is 6.78. The first-order chi connectivity index (χ1) is 7.07. The SMILES string of the molecule is CNCCNc1c(C)c(C)cc(C)c1C. The number of likely N-dealkylation sites (N-methyl/N-ethyl adjacent to an activating group) is 1. The minimum atomic E-state index is 0.973. The Balaban J connectivity index is 2.94. The number of hydrogen-bond acceptors (Lipinski definition) is 2. The van der Waals surface area contributed by atoms with Crippen molar-refractivity contribution in [1.82, 2.24) is 5.32 Å². The third-order valence-corrected chi connectivity index (χ3v) is 3.04. The molecule has 0 heterocycles. The minimum Gasteiger partial charge on any atom is -0.383 e. The molecule has 0 fully saturated rings. The van der Waals surface area contributed by atoms with E-state index in [9.17, 15) is 0 Å². The zero-order chi connectivity index (χ0) is 11.4. The van der Waals surface area contributed by atoms with Crippen LogP contribution in [0.15, 0.2) is 6.07 Å². The topological polar surface area (TPSA) is 24.1 Å². The summed E-state index contributed by atoms with van der Waals surface area (Å²) in [6.45, 7) is 10.7. The smallest absolute Gasteiger partial charge is 0.0405 e. The van der Waals surface area contributed by atoms with Gasteiger partial charge in [0.05, 0.1) is 0 Å². The number of hydrogen-bond donors (Lipinski definition) is 2. The van der Waals surface area contributed by atoms with Gasteiger partial charge in [-0.1, -0.05) is 6.07 Å². The summed E-state index contributed by atoms with van der Waals surface area (Å²) in [5.74, 6) is 0. The molecule has 0 aromatic heterocycles. The molecular formula is C13H22N2. The average Bonchev–Trinajstić information content (AvgIpc) is 2.20. The highest BCUT2D eigenvalue weighted by atomic mass is 14.9. The van der Waals surface area contributed by atoms with E-state index in [4.69, 9.17) is 0 Å². The van der Waals surface area contributed by atoms with E-state index in [1.54, 1.807) is 0 Å². The maximum atomic E-state index is 3.50. The molecule has 0 bridgehead atoms. The summed E-state index contributed by atoms with van der Waals surface area (Å²) in [5, 5.41) is 6.64. The Kier molecular flexibility index (Phi) is 4.15. The van der Waals surface area contributed by atoms with Gasteiger partial charge >= 0.3 is 0 Å². The van der Waals surface area contributed by atoms with E-state index < -0.39 is 0 Å². The Bertz CT molecular complexity index is 317. The summed E-state index contributed by atoms with van der Waals surface area (Å²) in [4.78, 5) is 0. The molecule has 0 aliphatic rings. The molecule has 0 aliphatic carbocycles. The first-order valence-electron chi connectivity index (χ1n) is 5.53. The van der Waals surface area contributed by atoms with Crippen molar-refractivity contribution in [3.63, 3.8) is 0 Å². The van der Waals surface area contributed by atoms with Gasteiger partial charge in [-0.2, -0.15) is 0 Å². The molecule has 2 N–H and O–H groups in total. The summed E-state index contributed by atoms with van der Waals surface area (Å²) in [6, 6.07) is 2.26. The van der Waals surface area contributed by atoms with Gasteiger partial charge in [0.2, 0.25) is 0 Å². The lowest BCUT2D eigenvalue weighted by atomic mass is 9.99. The quantitative estimate of drug-likeness (QED) is 0.740. The Morgan fingerprint density at radius 2 is 1.47 bits per heavy atom. The van der Waals surface area contributed by atoms with E-state index in [1.165, 1.54) is 27.9 Å². The largest absolute Gasteiger partial charge is 0.383 e. The third-order valence-electron chi connectivity index (χ3n) is 3.04. The molecule has 15 heavy (non-hydrogen) atoms. The maximum absolute atomic E-state index is 3.50. The van der Waals surface area contributed by atoms with E-state index in [1.807, 2.05) is 7.05 Å². The highest BCUT2D eigenvalue weighted by Crippen LogP contribution is 2.26. The Morgan fingerprint density at radius 1 is 0.933 bits per heavy atom. The van der Waals surface area contributed by atoms with E-state index in [0.717, 1.165) is 13.1 Å². The summed E-state index contributed by atoms with van der Waals surface area (Å²) in [6.07, 6.45) is 0. The molecule has 0 saturated heterocycles. The number of benzene rings is 1. The Hall–Kier alpha value is -1.02. The van der Waals surface area contributed by atoms with Crippen LogP contribution < -0.4 is 10.6 Å². The van der Waals surface area contributed by atoms with Crippen LogP contribution in [0.3, 0.4) is 0 Å². The minimum absolute atomic E-state index is 0.973. The van der Waals surface area contributed by atoms with Crippen molar-refractivity contribution < 1.29 is 0 Å². The van der Waals surface area contributed by atoms with Gasteiger partial charge in [0, 0.05) is 18.8 Å². The predicted octanol–water partition coefficient (Wildman–Crippen LogP) is 2.55. The molecule has 0 atom stereocenters. The molecule has 2 heteroatoms. The van der Waals surface area contributed by atoms with Crippen LogP contribution in [0.4, 0.5) is 5.69 Å². The average molecular weight is 206 g/mol. The van der Waals surface area contributed by atoms with Crippen molar-refractivity contribution in [1.29, 1.82) is 0 Å². The highest BCUT2D eigenvalue weighted by molar-refractivity contribution is 5.62. The fraction of sp³-hybridized carbons (Fsp3) is 0.538. The van der Waals surface area contributed by atoms with Gasteiger partial charge in [-0.25, -0.2) is 0 Å². The fourth-order valence-electron chi connectivity index (χ4n) is 1.79. The number of rotatable bonds is 4. The van der Waals surface area contributed by atoms with Crippen LogP contribution in [-0.4, -0.2) is 20.1 Å². The van der Waals surface area contributed by atoms with Crippen molar-refractivity contribution in [3.05, 3.63) is 28.3 Å². The normalized spacial score (nSPS) is 10.5. The lowest BCUT2D eigenvalue weighted by molar-refractivity contribution is 0.822. The second-order valence-electron chi connectivity index (χ2n) is 4.17. The second kappa shape index (κ2) is 5.17. The number of nitrogens with one attached hydrogen (secondary N) is 2. The van der Waals surface area contributed by atoms with Crippen LogP contribution in [-0.2, 0) is 0 Å². The lowest BCUT2D eigenvalue weighted by Crippen LogP contribution is -2.19. The zero-order valence-corrected chi connectivity index (χ0v) is 10.5. The van der Waals surface area contributed by atoms with Gasteiger partial charge < -0.3 is 10.6 Å². The van der Waals surface area contributed by atoms with Gasteiger partial charge in [-0.3, -0.25) is 0 Å². The van der Waals surface area contributed by atoms with Gasteiger partial charge in [0.25, 0.3) is 0 Å². The lowest BCUT2D eigenvalue weighted by Gasteiger charge is -2.16. The molecule has 0 amide bonds. The Labute approximate surface area is 93.1 Å². The molecule has 2 nitrogen and oxygen atoms in total. The molecule has 0 unspecified atom stereocenters. The molecule has 0 aliphatic heterocycles. The second-order valence-corrected chi connectivity index (χ2v) is 4.17. The van der Waals surface area contributed by atoms with Crippen molar-refractivity contribution >= 4 is 5.69 Å². The van der Waals surface area contributed by atoms with Crippen molar-refractivity contribution in [3.8, 4) is 0 Å². The van der Waals surface area contributed by atoms with Gasteiger partial charge in [-0.05, 0) is 57.0 Å². The predicted molar refractivity (Wildman–Crippen MR) is 67.8 cm³/mol. The zero-order valence-electron chi connectivity index (χ0n) is 10.5. The van der Waals surface area contributed by atoms with Gasteiger partial charge in [0.1, 0.15) is 0 Å². The van der Waals surface area contributed by atoms with Crippen LogP contribution in [0.25, 0.3) is 0 Å². The monoisotopic (exact) mass is 206 g/mol. The standard InChI is InChI=1S/C13H22N2/c1-9-8-10(2)12(4)13(11(9)3)15-7-6-14-5/h8,14-15H,6-7H2,1-5H3.